The molecule has 95 heavy (non-hydrogen) atoms. The molecule has 544 valence electrons. The number of allylic oxidation sites excluding steroid dienone is 22. The van der Waals surface area contributed by atoms with Crippen LogP contribution in [0.25, 0.3) is 0 Å². The van der Waals surface area contributed by atoms with Gasteiger partial charge in [0.2, 0.25) is 0 Å². The van der Waals surface area contributed by atoms with Gasteiger partial charge in [-0.05, 0) is 109 Å². The quantitative estimate of drug-likeness (QED) is 0.0195. The van der Waals surface area contributed by atoms with E-state index < -0.39 is 24.3 Å². The van der Waals surface area contributed by atoms with Gasteiger partial charge in [-0.2, -0.15) is 0 Å². The molecule has 0 amide bonds. The molecule has 0 aliphatic rings. The largest absolute Gasteiger partial charge is 0.545 e. The number of carbonyl (C=O) groups is 3. The van der Waals surface area contributed by atoms with E-state index >= 15 is 0 Å². The summed E-state index contributed by atoms with van der Waals surface area (Å²) in [4.78, 5) is 37.6. The third-order valence-electron chi connectivity index (χ3n) is 16.9. The summed E-state index contributed by atoms with van der Waals surface area (Å²) < 4.78 is 22.9. The van der Waals surface area contributed by atoms with Gasteiger partial charge in [-0.15, -0.1) is 0 Å². The van der Waals surface area contributed by atoms with Gasteiger partial charge in [-0.1, -0.05) is 347 Å². The summed E-state index contributed by atoms with van der Waals surface area (Å²) >= 11 is 0. The summed E-state index contributed by atoms with van der Waals surface area (Å²) in [5.41, 5.74) is 0. The maximum absolute atomic E-state index is 13.0. The zero-order valence-electron chi connectivity index (χ0n) is 62.3. The highest BCUT2D eigenvalue weighted by molar-refractivity contribution is 5.70. The average Bonchev–Trinajstić information content (AvgIpc) is 3.75. The van der Waals surface area contributed by atoms with E-state index in [9.17, 15) is 19.5 Å². The number of likely N-dealkylation sites (N-methyl/N-ethyl adjacent to an activating group) is 1. The number of carboxylic acid groups (broad SMARTS) is 1. The molecule has 0 aromatic heterocycles. The summed E-state index contributed by atoms with van der Waals surface area (Å²) in [5, 5.41) is 11.9. The molecule has 9 nitrogen and oxygen atoms in total. The molecule has 0 heterocycles. The van der Waals surface area contributed by atoms with Crippen LogP contribution in [0.15, 0.2) is 134 Å². The predicted molar refractivity (Wildman–Crippen MR) is 407 cm³/mol. The number of esters is 2. The van der Waals surface area contributed by atoms with Crippen molar-refractivity contribution in [2.24, 2.45) is 0 Å². The van der Waals surface area contributed by atoms with Crippen molar-refractivity contribution >= 4 is 17.9 Å². The van der Waals surface area contributed by atoms with E-state index in [2.05, 4.69) is 148 Å². The van der Waals surface area contributed by atoms with Crippen LogP contribution in [0.5, 0.6) is 0 Å². The van der Waals surface area contributed by atoms with E-state index in [0.717, 1.165) is 116 Å². The highest BCUT2D eigenvalue weighted by Gasteiger charge is 2.22. The zero-order chi connectivity index (χ0) is 69.0. The number of hydrogen-bond donors (Lipinski definition) is 0. The third-order valence-corrected chi connectivity index (χ3v) is 16.9. The molecule has 0 aromatic rings. The van der Waals surface area contributed by atoms with Crippen molar-refractivity contribution in [2.45, 2.75) is 347 Å². The monoisotopic (exact) mass is 1320 g/mol. The van der Waals surface area contributed by atoms with Crippen molar-refractivity contribution < 1.29 is 42.9 Å². The molecular formula is C86H147NO8. The Balaban J connectivity index is 4.04. The summed E-state index contributed by atoms with van der Waals surface area (Å²) in [7, 11) is 5.94. The van der Waals surface area contributed by atoms with Crippen molar-refractivity contribution in [1.29, 1.82) is 0 Å². The first-order valence-electron chi connectivity index (χ1n) is 39.3. The van der Waals surface area contributed by atoms with E-state index in [-0.39, 0.29) is 38.6 Å². The fraction of sp³-hybridized carbons (Fsp3) is 0.709. The number of carbonyl (C=O) groups excluding carboxylic acids is 3. The van der Waals surface area contributed by atoms with E-state index in [0.29, 0.717) is 17.4 Å². The number of nitrogens with zero attached hydrogens (tertiary/aromatic N) is 1. The molecule has 0 saturated heterocycles. The van der Waals surface area contributed by atoms with Crippen molar-refractivity contribution in [1.82, 2.24) is 0 Å². The first-order valence-corrected chi connectivity index (χ1v) is 39.3. The van der Waals surface area contributed by atoms with Crippen LogP contribution in [0.2, 0.25) is 0 Å². The maximum atomic E-state index is 13.0. The lowest BCUT2D eigenvalue weighted by molar-refractivity contribution is -0.870. The molecule has 0 N–H and O–H groups in total. The molecule has 0 aromatic carbocycles. The van der Waals surface area contributed by atoms with Crippen LogP contribution in [0, 0.1) is 0 Å². The summed E-state index contributed by atoms with van der Waals surface area (Å²) in [6.45, 7) is 4.55. The van der Waals surface area contributed by atoms with Crippen molar-refractivity contribution in [3.8, 4) is 0 Å². The topological polar surface area (TPSA) is 111 Å². The Hall–Kier alpha value is -4.57. The van der Waals surface area contributed by atoms with E-state index in [4.69, 9.17) is 18.9 Å². The molecule has 0 bridgehead atoms. The Morgan fingerprint density at radius 2 is 0.568 bits per heavy atom. The lowest BCUT2D eigenvalue weighted by atomic mass is 10.0. The van der Waals surface area contributed by atoms with Gasteiger partial charge in [0.15, 0.2) is 12.4 Å². The number of hydrogen-bond acceptors (Lipinski definition) is 8. The fourth-order valence-corrected chi connectivity index (χ4v) is 11.0. The number of quaternary nitrogens is 1. The van der Waals surface area contributed by atoms with Crippen LogP contribution in [-0.2, 0) is 33.3 Å². The Morgan fingerprint density at radius 1 is 0.316 bits per heavy atom. The van der Waals surface area contributed by atoms with Crippen LogP contribution < -0.4 is 5.11 Å². The van der Waals surface area contributed by atoms with E-state index in [1.165, 1.54) is 186 Å². The van der Waals surface area contributed by atoms with Gasteiger partial charge >= 0.3 is 11.9 Å². The molecule has 0 radical (unpaired) electrons. The number of ether oxygens (including phenoxy) is 4. The van der Waals surface area contributed by atoms with Crippen LogP contribution in [0.1, 0.15) is 335 Å². The Bertz CT molecular complexity index is 2030. The van der Waals surface area contributed by atoms with Gasteiger partial charge < -0.3 is 33.3 Å². The summed E-state index contributed by atoms with van der Waals surface area (Å²) in [6.07, 6.45) is 106. The van der Waals surface area contributed by atoms with Crippen molar-refractivity contribution in [2.75, 3.05) is 47.5 Å². The van der Waals surface area contributed by atoms with Gasteiger partial charge in [0.1, 0.15) is 13.2 Å². The van der Waals surface area contributed by atoms with Gasteiger partial charge in [-0.25, -0.2) is 0 Å². The van der Waals surface area contributed by atoms with Gasteiger partial charge in [0.05, 0.1) is 40.3 Å². The zero-order valence-corrected chi connectivity index (χ0v) is 62.3. The number of carboxylic acids is 1. The molecule has 0 rings (SSSR count). The first-order chi connectivity index (χ1) is 46.6. The average molecular weight is 1320 g/mol. The molecular weight excluding hydrogens is 1170 g/mol. The Labute approximate surface area is 586 Å². The number of rotatable bonds is 72. The van der Waals surface area contributed by atoms with Gasteiger partial charge in [-0.3, -0.25) is 9.59 Å². The Kier molecular flexibility index (Phi) is 71.6. The molecule has 2 atom stereocenters. The molecule has 9 heteroatoms. The minimum atomic E-state index is -1.63. The lowest BCUT2D eigenvalue weighted by Gasteiger charge is -2.26. The third kappa shape index (κ3) is 76.7. The number of aliphatic carboxylic acids is 1. The second-order valence-corrected chi connectivity index (χ2v) is 27.2. The van der Waals surface area contributed by atoms with Gasteiger partial charge in [0, 0.05) is 12.8 Å². The lowest BCUT2D eigenvalue weighted by Crippen LogP contribution is -2.44. The second kappa shape index (κ2) is 75.2. The summed E-state index contributed by atoms with van der Waals surface area (Å²) in [6, 6.07) is 0. The van der Waals surface area contributed by atoms with Crippen LogP contribution in [-0.4, -0.2) is 82.3 Å². The van der Waals surface area contributed by atoms with E-state index in [1.54, 1.807) is 0 Å². The van der Waals surface area contributed by atoms with Crippen molar-refractivity contribution in [3.63, 3.8) is 0 Å². The van der Waals surface area contributed by atoms with Crippen LogP contribution >= 0.6 is 0 Å². The van der Waals surface area contributed by atoms with Gasteiger partial charge in [0.25, 0.3) is 0 Å². The maximum Gasteiger partial charge on any atom is 0.306 e. The van der Waals surface area contributed by atoms with Crippen LogP contribution in [0.4, 0.5) is 0 Å². The van der Waals surface area contributed by atoms with Crippen molar-refractivity contribution in [3.05, 3.63) is 134 Å². The van der Waals surface area contributed by atoms with Crippen LogP contribution in [0.3, 0.4) is 0 Å². The van der Waals surface area contributed by atoms with E-state index in [1.807, 2.05) is 21.1 Å². The molecule has 0 aliphatic heterocycles. The summed E-state index contributed by atoms with van der Waals surface area (Å²) in [5.74, 6) is -2.28. The minimum absolute atomic E-state index is 0.144. The SMILES string of the molecule is CC/C=C\C/C=C\C/C=C\C/C=C\C/C=C\C/C=C\C/C=C\CCCCCCCCCCCCCC(=O)OC(COC(=O)CCCCCCCCCCCCCCCCCCCCCCCCCC/C=C\C/C=C\C/C=C\C/C=C\CC)COC(OCC[N+](C)(C)C)C(=O)[O-]. The molecule has 0 fully saturated rings. The minimum Gasteiger partial charge on any atom is -0.545 e. The molecule has 0 saturated carbocycles. The highest BCUT2D eigenvalue weighted by Crippen LogP contribution is 2.18. The Morgan fingerprint density at radius 3 is 0.842 bits per heavy atom. The highest BCUT2D eigenvalue weighted by atomic mass is 16.7. The first kappa shape index (κ1) is 90.4. The number of unbranched alkanes of at least 4 members (excludes halogenated alkanes) is 35. The molecule has 0 aliphatic carbocycles. The fourth-order valence-electron chi connectivity index (χ4n) is 11.0. The standard InChI is InChI=1S/C86H147NO8/c1-6-8-10-12-14-16-18-20-22-24-26-28-30-32-34-36-38-40-41-42-43-45-46-48-50-52-54-56-58-60-62-64-66-68-70-72-74-76-83(88)93-80-82(81-94-86(85(90)91)92-79-78-87(3,4)5)95-84(89)77-75-73-71-69-67-65-63-61-59-57-55-53-51-49-47-44-39-37-35-33-31-29-27-25-23-21-19-17-15-13-11-9-7-2/h8-11,14-17,20-23,26-29,33,35,39,44,49,51,82,86H,6-7,12-13,18-19,24-25,30-32,34,36-38,40-43,45-48,50,52-81H2,1-5H3/b10-8-,11-9-,16-14-,17-15-,22-20-,23-21-,28-26-,29-27-,35-33-,44-39-,51-49-. The predicted octanol–water partition coefficient (Wildman–Crippen LogP) is 23.9. The smallest absolute Gasteiger partial charge is 0.306 e. The second-order valence-electron chi connectivity index (χ2n) is 27.2. The molecule has 2 unspecified atom stereocenters. The molecule has 0 spiro atoms. The normalized spacial score (nSPS) is 13.4.